The Morgan fingerprint density at radius 2 is 1.76 bits per heavy atom. The molecule has 2 aromatic carbocycles. The largest absolute Gasteiger partial charge is 0.493 e. The van der Waals surface area contributed by atoms with Gasteiger partial charge in [-0.3, -0.25) is 9.59 Å². The highest BCUT2D eigenvalue weighted by atomic mass is 16.5. The van der Waals surface area contributed by atoms with Gasteiger partial charge in [-0.05, 0) is 43.7 Å². The Labute approximate surface area is 172 Å². The average Bonchev–Trinajstić information content (AvgIpc) is 2.71. The lowest BCUT2D eigenvalue weighted by atomic mass is 9.97. The van der Waals surface area contributed by atoms with Gasteiger partial charge in [-0.25, -0.2) is 0 Å². The Morgan fingerprint density at radius 1 is 1.03 bits per heavy atom. The predicted molar refractivity (Wildman–Crippen MR) is 114 cm³/mol. The van der Waals surface area contributed by atoms with Gasteiger partial charge in [-0.2, -0.15) is 0 Å². The number of nitrogens with zero attached hydrogens (tertiary/aromatic N) is 2. The lowest BCUT2D eigenvalue weighted by Gasteiger charge is -2.32. The van der Waals surface area contributed by atoms with Crippen LogP contribution in [0.2, 0.25) is 0 Å². The van der Waals surface area contributed by atoms with E-state index in [2.05, 4.69) is 11.9 Å². The minimum atomic E-state index is -0.468. The van der Waals surface area contributed by atoms with Crippen molar-refractivity contribution in [2.45, 2.75) is 19.8 Å². The molecule has 0 aliphatic carbocycles. The Morgan fingerprint density at radius 3 is 2.48 bits per heavy atom. The predicted octanol–water partition coefficient (Wildman–Crippen LogP) is 2.69. The summed E-state index contributed by atoms with van der Waals surface area (Å²) in [6, 6.07) is 13.1. The second-order valence-corrected chi connectivity index (χ2v) is 7.55. The summed E-state index contributed by atoms with van der Waals surface area (Å²) in [4.78, 5) is 28.4. The summed E-state index contributed by atoms with van der Waals surface area (Å²) in [5.41, 5.74) is 8.65. The van der Waals surface area contributed by atoms with Crippen molar-refractivity contribution in [3.05, 3.63) is 53.6 Å². The first kappa shape index (κ1) is 20.9. The number of hydrogen-bond donors (Lipinski definition) is 1. The Bertz CT molecular complexity index is 873. The SMILES string of the molecule is Cc1ccc(-c2ccccc2C(N)=O)c(OCCCC(=O)N2CCN(C)CC2)c1. The summed E-state index contributed by atoms with van der Waals surface area (Å²) in [6.45, 7) is 5.87. The van der Waals surface area contributed by atoms with Crippen LogP contribution in [0.4, 0.5) is 0 Å². The van der Waals surface area contributed by atoms with E-state index in [4.69, 9.17) is 10.5 Å². The van der Waals surface area contributed by atoms with Crippen molar-refractivity contribution in [1.82, 2.24) is 9.80 Å². The number of nitrogens with two attached hydrogens (primary N) is 1. The van der Waals surface area contributed by atoms with Crippen molar-refractivity contribution in [1.29, 1.82) is 0 Å². The van der Waals surface area contributed by atoms with Gasteiger partial charge in [-0.15, -0.1) is 0 Å². The molecule has 0 bridgehead atoms. The lowest BCUT2D eigenvalue weighted by molar-refractivity contribution is -0.133. The first-order valence-corrected chi connectivity index (χ1v) is 10.0. The van der Waals surface area contributed by atoms with Gasteiger partial charge < -0.3 is 20.3 Å². The van der Waals surface area contributed by atoms with Gasteiger partial charge in [0.2, 0.25) is 11.8 Å². The van der Waals surface area contributed by atoms with Gasteiger partial charge in [-0.1, -0.05) is 30.3 Å². The first-order chi connectivity index (χ1) is 14.0. The lowest BCUT2D eigenvalue weighted by Crippen LogP contribution is -2.47. The molecule has 1 aliphatic heterocycles. The average molecular weight is 396 g/mol. The summed E-state index contributed by atoms with van der Waals surface area (Å²) in [5.74, 6) is 0.417. The zero-order chi connectivity index (χ0) is 20.8. The Kier molecular flexibility index (Phi) is 6.88. The van der Waals surface area contributed by atoms with E-state index in [1.165, 1.54) is 0 Å². The third-order valence-corrected chi connectivity index (χ3v) is 5.27. The number of carbonyl (C=O) groups excluding carboxylic acids is 2. The molecule has 0 spiro atoms. The standard InChI is InChI=1S/C23H29N3O3/c1-17-9-10-19(18-6-3-4-7-20(18)23(24)28)21(16-17)29-15-5-8-22(27)26-13-11-25(2)12-14-26/h3-4,6-7,9-10,16H,5,8,11-15H2,1-2H3,(H2,24,28). The zero-order valence-electron chi connectivity index (χ0n) is 17.2. The van der Waals surface area contributed by atoms with Crippen LogP contribution in [0.1, 0.15) is 28.8 Å². The molecule has 3 rings (SSSR count). The van der Waals surface area contributed by atoms with Crippen LogP contribution in [0.3, 0.4) is 0 Å². The molecular weight excluding hydrogens is 366 g/mol. The number of piperazine rings is 1. The molecule has 0 radical (unpaired) electrons. The molecule has 0 aromatic heterocycles. The first-order valence-electron chi connectivity index (χ1n) is 10.0. The molecule has 1 saturated heterocycles. The van der Waals surface area contributed by atoms with Crippen molar-refractivity contribution in [3.8, 4) is 16.9 Å². The van der Waals surface area contributed by atoms with Gasteiger partial charge in [0, 0.05) is 43.7 Å². The van der Waals surface area contributed by atoms with Crippen molar-refractivity contribution in [3.63, 3.8) is 0 Å². The molecule has 29 heavy (non-hydrogen) atoms. The van der Waals surface area contributed by atoms with Crippen LogP contribution in [0.5, 0.6) is 5.75 Å². The summed E-state index contributed by atoms with van der Waals surface area (Å²) in [6.07, 6.45) is 1.12. The van der Waals surface area contributed by atoms with E-state index in [1.54, 1.807) is 12.1 Å². The number of ether oxygens (including phenoxy) is 1. The number of rotatable bonds is 7. The number of carbonyl (C=O) groups is 2. The molecule has 0 saturated carbocycles. The smallest absolute Gasteiger partial charge is 0.249 e. The van der Waals surface area contributed by atoms with Crippen LogP contribution >= 0.6 is 0 Å². The van der Waals surface area contributed by atoms with E-state index < -0.39 is 5.91 Å². The Balaban J connectivity index is 1.64. The van der Waals surface area contributed by atoms with E-state index in [1.807, 2.05) is 42.2 Å². The third kappa shape index (κ3) is 5.35. The van der Waals surface area contributed by atoms with Crippen molar-refractivity contribution < 1.29 is 14.3 Å². The van der Waals surface area contributed by atoms with Crippen molar-refractivity contribution in [2.75, 3.05) is 39.8 Å². The number of hydrogen-bond acceptors (Lipinski definition) is 4. The minimum absolute atomic E-state index is 0.185. The number of benzene rings is 2. The summed E-state index contributed by atoms with van der Waals surface area (Å²) in [5, 5.41) is 0. The second-order valence-electron chi connectivity index (χ2n) is 7.55. The molecule has 2 amide bonds. The fourth-order valence-corrected chi connectivity index (χ4v) is 3.52. The van der Waals surface area contributed by atoms with E-state index >= 15 is 0 Å². The fraction of sp³-hybridized carbons (Fsp3) is 0.391. The maximum Gasteiger partial charge on any atom is 0.249 e. The number of amides is 2. The van der Waals surface area contributed by atoms with Crippen LogP contribution in [0.25, 0.3) is 11.1 Å². The molecule has 2 N–H and O–H groups in total. The highest BCUT2D eigenvalue weighted by Crippen LogP contribution is 2.33. The molecule has 1 fully saturated rings. The second kappa shape index (κ2) is 9.56. The molecule has 1 heterocycles. The summed E-state index contributed by atoms with van der Waals surface area (Å²) in [7, 11) is 2.07. The highest BCUT2D eigenvalue weighted by molar-refractivity contribution is 6.00. The number of primary amides is 1. The monoisotopic (exact) mass is 395 g/mol. The number of likely N-dealkylation sites (N-methyl/N-ethyl adjacent to an activating group) is 1. The maximum absolute atomic E-state index is 12.4. The minimum Gasteiger partial charge on any atom is -0.493 e. The third-order valence-electron chi connectivity index (χ3n) is 5.27. The molecule has 6 nitrogen and oxygen atoms in total. The van der Waals surface area contributed by atoms with Crippen LogP contribution < -0.4 is 10.5 Å². The molecule has 0 atom stereocenters. The van der Waals surface area contributed by atoms with Crippen LogP contribution in [0.15, 0.2) is 42.5 Å². The normalized spacial score (nSPS) is 14.6. The molecule has 6 heteroatoms. The van der Waals surface area contributed by atoms with E-state index in [9.17, 15) is 9.59 Å². The van der Waals surface area contributed by atoms with Crippen LogP contribution in [-0.2, 0) is 4.79 Å². The van der Waals surface area contributed by atoms with E-state index in [0.717, 1.165) is 42.9 Å². The van der Waals surface area contributed by atoms with E-state index in [0.29, 0.717) is 30.8 Å². The quantitative estimate of drug-likeness (QED) is 0.732. The van der Waals surface area contributed by atoms with Crippen LogP contribution in [0, 0.1) is 6.92 Å². The van der Waals surface area contributed by atoms with E-state index in [-0.39, 0.29) is 5.91 Å². The highest BCUT2D eigenvalue weighted by Gasteiger charge is 2.19. The maximum atomic E-state index is 12.4. The Hall–Kier alpha value is -2.86. The summed E-state index contributed by atoms with van der Waals surface area (Å²) >= 11 is 0. The van der Waals surface area contributed by atoms with Crippen molar-refractivity contribution >= 4 is 11.8 Å². The molecule has 1 aliphatic rings. The van der Waals surface area contributed by atoms with Gasteiger partial charge in [0.05, 0.1) is 6.61 Å². The number of aryl methyl sites for hydroxylation is 1. The molecule has 154 valence electrons. The van der Waals surface area contributed by atoms with Gasteiger partial charge in [0.1, 0.15) is 5.75 Å². The molecule has 2 aromatic rings. The van der Waals surface area contributed by atoms with Gasteiger partial charge >= 0.3 is 0 Å². The summed E-state index contributed by atoms with van der Waals surface area (Å²) < 4.78 is 6.03. The zero-order valence-corrected chi connectivity index (χ0v) is 17.2. The van der Waals surface area contributed by atoms with Crippen molar-refractivity contribution in [2.24, 2.45) is 5.73 Å². The fourth-order valence-electron chi connectivity index (χ4n) is 3.52. The van der Waals surface area contributed by atoms with Crippen LogP contribution in [-0.4, -0.2) is 61.4 Å². The van der Waals surface area contributed by atoms with Gasteiger partial charge in [0.25, 0.3) is 0 Å². The van der Waals surface area contributed by atoms with Gasteiger partial charge in [0.15, 0.2) is 0 Å². The molecule has 0 unspecified atom stereocenters. The molecular formula is C23H29N3O3. The topological polar surface area (TPSA) is 75.9 Å².